The molecule has 0 atom stereocenters. The van der Waals surface area contributed by atoms with Crippen LogP contribution < -0.4 is 15.4 Å². The number of urea groups is 1. The van der Waals surface area contributed by atoms with E-state index in [9.17, 15) is 13.2 Å². The number of rotatable bonds is 5. The van der Waals surface area contributed by atoms with Gasteiger partial charge in [0.15, 0.2) is 5.82 Å². The maximum absolute atomic E-state index is 12.5. The highest BCUT2D eigenvalue weighted by Crippen LogP contribution is 2.22. The molecule has 10 heteroatoms. The van der Waals surface area contributed by atoms with Crippen LogP contribution in [0, 0.1) is 13.8 Å². The molecule has 8 nitrogen and oxygen atoms in total. The van der Waals surface area contributed by atoms with Gasteiger partial charge in [-0.1, -0.05) is 16.8 Å². The van der Waals surface area contributed by atoms with Crippen molar-refractivity contribution in [3.05, 3.63) is 64.9 Å². The molecule has 1 aromatic heterocycles. The van der Waals surface area contributed by atoms with E-state index < -0.39 is 16.1 Å². The lowest BCUT2D eigenvalue weighted by molar-refractivity contribution is 0.262. The lowest BCUT2D eigenvalue weighted by Gasteiger charge is -2.09. The van der Waals surface area contributed by atoms with E-state index in [2.05, 4.69) is 20.5 Å². The summed E-state index contributed by atoms with van der Waals surface area (Å²) in [5.41, 5.74) is 1.61. The zero-order valence-electron chi connectivity index (χ0n) is 15.0. The molecular weight excluding hydrogens is 404 g/mol. The van der Waals surface area contributed by atoms with Gasteiger partial charge < -0.3 is 15.2 Å². The number of amides is 2. The van der Waals surface area contributed by atoms with Crippen LogP contribution in [0.1, 0.15) is 11.3 Å². The lowest BCUT2D eigenvalue weighted by atomic mass is 10.3. The molecular formula is C18H17ClN4O4S. The number of benzene rings is 2. The fourth-order valence-electron chi connectivity index (χ4n) is 2.24. The van der Waals surface area contributed by atoms with Crippen molar-refractivity contribution in [2.75, 3.05) is 15.4 Å². The number of aromatic nitrogens is 1. The summed E-state index contributed by atoms with van der Waals surface area (Å²) in [5.74, 6) is 0.672. The summed E-state index contributed by atoms with van der Waals surface area (Å²) in [6.07, 6.45) is 0. The number of hydrogen-bond acceptors (Lipinski definition) is 5. The molecule has 0 unspecified atom stereocenters. The Morgan fingerprint density at radius 1 is 0.964 bits per heavy atom. The molecule has 0 aliphatic heterocycles. The Hall–Kier alpha value is -3.04. The van der Waals surface area contributed by atoms with Gasteiger partial charge in [-0.05, 0) is 62.4 Å². The van der Waals surface area contributed by atoms with Gasteiger partial charge >= 0.3 is 6.03 Å². The molecule has 0 fully saturated rings. The maximum atomic E-state index is 12.5. The first-order valence-electron chi connectivity index (χ1n) is 8.14. The maximum Gasteiger partial charge on any atom is 0.323 e. The Kier molecular flexibility index (Phi) is 5.57. The number of sulfonamides is 1. The Bertz CT molecular complexity index is 1090. The second-order valence-corrected chi connectivity index (χ2v) is 8.05. The van der Waals surface area contributed by atoms with Crippen molar-refractivity contribution in [2.45, 2.75) is 18.7 Å². The summed E-state index contributed by atoms with van der Waals surface area (Å²) in [6.45, 7) is 3.39. The zero-order chi connectivity index (χ0) is 20.3. The van der Waals surface area contributed by atoms with Crippen molar-refractivity contribution in [2.24, 2.45) is 0 Å². The first kappa shape index (κ1) is 19.7. The van der Waals surface area contributed by atoms with Crippen LogP contribution in [0.2, 0.25) is 5.02 Å². The van der Waals surface area contributed by atoms with Crippen molar-refractivity contribution in [3.8, 4) is 0 Å². The molecule has 0 radical (unpaired) electrons. The van der Waals surface area contributed by atoms with Gasteiger partial charge in [0.05, 0.1) is 4.90 Å². The van der Waals surface area contributed by atoms with Gasteiger partial charge in [-0.25, -0.2) is 13.2 Å². The van der Waals surface area contributed by atoms with E-state index in [1.807, 2.05) is 0 Å². The topological polar surface area (TPSA) is 113 Å². The normalized spacial score (nSPS) is 11.1. The van der Waals surface area contributed by atoms with Crippen LogP contribution in [0.4, 0.5) is 22.0 Å². The molecule has 2 aromatic carbocycles. The highest BCUT2D eigenvalue weighted by molar-refractivity contribution is 7.92. The van der Waals surface area contributed by atoms with Gasteiger partial charge in [-0.15, -0.1) is 0 Å². The first-order chi connectivity index (χ1) is 13.2. The molecule has 0 spiro atoms. The minimum absolute atomic E-state index is 0.0243. The fraction of sp³-hybridized carbons (Fsp3) is 0.111. The zero-order valence-corrected chi connectivity index (χ0v) is 16.6. The average Bonchev–Trinajstić information content (AvgIpc) is 2.96. The van der Waals surface area contributed by atoms with Crippen LogP contribution in [0.15, 0.2) is 57.9 Å². The van der Waals surface area contributed by atoms with E-state index in [0.717, 1.165) is 0 Å². The van der Waals surface area contributed by atoms with Crippen LogP contribution >= 0.6 is 11.6 Å². The second-order valence-electron chi connectivity index (χ2n) is 5.93. The minimum Gasteiger partial charge on any atom is -0.359 e. The molecule has 3 aromatic rings. The van der Waals surface area contributed by atoms with Gasteiger partial charge in [-0.2, -0.15) is 0 Å². The number of carbonyl (C=O) groups excluding carboxylic acids is 1. The van der Waals surface area contributed by atoms with Crippen molar-refractivity contribution in [1.29, 1.82) is 0 Å². The molecule has 3 rings (SSSR count). The van der Waals surface area contributed by atoms with Crippen molar-refractivity contribution >= 4 is 44.8 Å². The third-order valence-electron chi connectivity index (χ3n) is 3.91. The molecule has 146 valence electrons. The van der Waals surface area contributed by atoms with Crippen molar-refractivity contribution < 1.29 is 17.7 Å². The third-order valence-corrected chi connectivity index (χ3v) is 5.52. The molecule has 3 N–H and O–H groups in total. The molecule has 0 bridgehead atoms. The van der Waals surface area contributed by atoms with Crippen LogP contribution in [0.3, 0.4) is 0 Å². The van der Waals surface area contributed by atoms with Crippen LogP contribution in [-0.4, -0.2) is 19.6 Å². The fourth-order valence-corrected chi connectivity index (χ4v) is 3.43. The summed E-state index contributed by atoms with van der Waals surface area (Å²) in [6, 6.07) is 11.9. The van der Waals surface area contributed by atoms with E-state index >= 15 is 0 Å². The molecule has 0 aliphatic carbocycles. The predicted octanol–water partition coefficient (Wildman–Crippen LogP) is 4.39. The van der Waals surface area contributed by atoms with Gasteiger partial charge in [0.1, 0.15) is 5.76 Å². The van der Waals surface area contributed by atoms with Crippen LogP contribution in [-0.2, 0) is 10.0 Å². The number of carbonyl (C=O) groups is 1. The Morgan fingerprint density at radius 3 is 2.00 bits per heavy atom. The summed E-state index contributed by atoms with van der Waals surface area (Å²) in [5, 5.41) is 9.52. The first-order valence-corrected chi connectivity index (χ1v) is 10.00. The van der Waals surface area contributed by atoms with E-state index in [0.29, 0.717) is 27.7 Å². The largest absolute Gasteiger partial charge is 0.359 e. The monoisotopic (exact) mass is 420 g/mol. The summed E-state index contributed by atoms with van der Waals surface area (Å²) in [4.78, 5) is 12.0. The van der Waals surface area contributed by atoms with Gasteiger partial charge in [0, 0.05) is 22.0 Å². The SMILES string of the molecule is Cc1onc(NS(=O)(=O)c2ccc(NC(=O)Nc3ccc(Cl)cc3)cc2)c1C. The Labute approximate surface area is 166 Å². The molecule has 2 amide bonds. The second kappa shape index (κ2) is 7.91. The van der Waals surface area contributed by atoms with Crippen LogP contribution in [0.25, 0.3) is 0 Å². The number of nitrogens with zero attached hydrogens (tertiary/aromatic N) is 1. The summed E-state index contributed by atoms with van der Waals surface area (Å²) in [7, 11) is -3.83. The highest BCUT2D eigenvalue weighted by atomic mass is 35.5. The molecule has 0 saturated carbocycles. The minimum atomic E-state index is -3.83. The molecule has 1 heterocycles. The third kappa shape index (κ3) is 4.62. The highest BCUT2D eigenvalue weighted by Gasteiger charge is 2.18. The van der Waals surface area contributed by atoms with E-state index in [1.165, 1.54) is 24.3 Å². The molecule has 0 aliphatic rings. The predicted molar refractivity (Wildman–Crippen MR) is 107 cm³/mol. The number of aryl methyl sites for hydroxylation is 1. The number of hydrogen-bond donors (Lipinski definition) is 3. The van der Waals surface area contributed by atoms with Crippen molar-refractivity contribution in [1.82, 2.24) is 5.16 Å². The standard InChI is InChI=1S/C18H17ClN4O4S/c1-11-12(2)27-22-17(11)23-28(25,26)16-9-7-15(8-10-16)21-18(24)20-14-5-3-13(19)4-6-14/h3-10H,1-2H3,(H,22,23)(H2,20,21,24). The summed E-state index contributed by atoms with van der Waals surface area (Å²) >= 11 is 5.80. The van der Waals surface area contributed by atoms with Crippen LogP contribution in [0.5, 0.6) is 0 Å². The van der Waals surface area contributed by atoms with Gasteiger partial charge in [0.25, 0.3) is 10.0 Å². The van der Waals surface area contributed by atoms with E-state index in [-0.39, 0.29) is 10.7 Å². The number of nitrogens with one attached hydrogen (secondary N) is 3. The smallest absolute Gasteiger partial charge is 0.323 e. The van der Waals surface area contributed by atoms with E-state index in [1.54, 1.807) is 38.1 Å². The lowest BCUT2D eigenvalue weighted by Crippen LogP contribution is -2.19. The van der Waals surface area contributed by atoms with Gasteiger partial charge in [0.2, 0.25) is 0 Å². The van der Waals surface area contributed by atoms with E-state index in [4.69, 9.17) is 16.1 Å². The molecule has 28 heavy (non-hydrogen) atoms. The van der Waals surface area contributed by atoms with Gasteiger partial charge in [-0.3, -0.25) is 4.72 Å². The van der Waals surface area contributed by atoms with Crippen molar-refractivity contribution in [3.63, 3.8) is 0 Å². The summed E-state index contributed by atoms with van der Waals surface area (Å²) < 4.78 is 32.3. The Morgan fingerprint density at radius 2 is 1.50 bits per heavy atom. The number of halogens is 1. The Balaban J connectivity index is 1.66. The quantitative estimate of drug-likeness (QED) is 0.566. The number of anilines is 3. The average molecular weight is 421 g/mol. The molecule has 0 saturated heterocycles.